The molecule has 1 N–H and O–H groups in total. The van der Waals surface area contributed by atoms with Gasteiger partial charge in [-0.3, -0.25) is 0 Å². The zero-order chi connectivity index (χ0) is 14.8. The third-order valence-electron chi connectivity index (χ3n) is 3.03. The highest BCUT2D eigenvalue weighted by Gasteiger charge is 2.11. The summed E-state index contributed by atoms with van der Waals surface area (Å²) in [4.78, 5) is 8.35. The Bertz CT molecular complexity index is 785. The molecule has 0 saturated carbocycles. The van der Waals surface area contributed by atoms with Gasteiger partial charge in [-0.2, -0.15) is 0 Å². The molecule has 0 atom stereocenters. The monoisotopic (exact) mass is 286 g/mol. The average Bonchev–Trinajstić information content (AvgIpc) is 2.90. The average molecular weight is 286 g/mol. The summed E-state index contributed by atoms with van der Waals surface area (Å²) in [6, 6.07) is 5.50. The number of methoxy groups -OCH3 is 2. The normalized spacial score (nSPS) is 10.6. The second-order valence-electron chi connectivity index (χ2n) is 4.30. The number of hydrogen-bond acceptors (Lipinski definition) is 7. The van der Waals surface area contributed by atoms with Crippen molar-refractivity contribution in [3.8, 4) is 11.5 Å². The highest BCUT2D eigenvalue weighted by atomic mass is 16.5. The van der Waals surface area contributed by atoms with Crippen molar-refractivity contribution >= 4 is 22.7 Å². The molecule has 2 heterocycles. The van der Waals surface area contributed by atoms with E-state index in [9.17, 15) is 0 Å². The summed E-state index contributed by atoms with van der Waals surface area (Å²) in [5.74, 6) is 1.88. The Kier molecular flexibility index (Phi) is 3.27. The van der Waals surface area contributed by atoms with Gasteiger partial charge in [0.1, 0.15) is 6.33 Å². The van der Waals surface area contributed by atoms with Crippen molar-refractivity contribution < 1.29 is 9.47 Å². The molecule has 108 valence electrons. The summed E-state index contributed by atoms with van der Waals surface area (Å²) in [5, 5.41) is 11.2. The zero-order valence-electron chi connectivity index (χ0n) is 11.9. The van der Waals surface area contributed by atoms with E-state index in [1.165, 1.54) is 6.33 Å². The number of hydrogen-bond donors (Lipinski definition) is 1. The Morgan fingerprint density at radius 2 is 1.90 bits per heavy atom. The maximum absolute atomic E-state index is 5.28. The Hall–Kier alpha value is -2.90. The van der Waals surface area contributed by atoms with E-state index >= 15 is 0 Å². The van der Waals surface area contributed by atoms with Gasteiger partial charge >= 0.3 is 0 Å². The highest BCUT2D eigenvalue weighted by molar-refractivity contribution is 5.84. The molecule has 3 rings (SSSR count). The van der Waals surface area contributed by atoms with Gasteiger partial charge in [0, 0.05) is 18.8 Å². The van der Waals surface area contributed by atoms with Crippen molar-refractivity contribution in [2.45, 2.75) is 0 Å². The predicted octanol–water partition coefficient (Wildman–Crippen LogP) is 1.52. The van der Waals surface area contributed by atoms with Crippen LogP contribution < -0.4 is 14.8 Å². The second kappa shape index (κ2) is 5.23. The Balaban J connectivity index is 1.99. The number of nitrogens with zero attached hydrogens (tertiary/aromatic N) is 5. The number of ether oxygens (including phenoxy) is 2. The number of fused-ring (bicyclic) bond motifs is 1. The largest absolute Gasteiger partial charge is 0.493 e. The third kappa shape index (κ3) is 2.31. The molecular formula is C13H14N6O2. The van der Waals surface area contributed by atoms with Crippen LogP contribution in [-0.2, 0) is 7.05 Å². The molecule has 21 heavy (non-hydrogen) atoms. The molecule has 0 aliphatic rings. The van der Waals surface area contributed by atoms with Crippen LogP contribution in [0.1, 0.15) is 0 Å². The van der Waals surface area contributed by atoms with Crippen LogP contribution in [0, 0.1) is 0 Å². The van der Waals surface area contributed by atoms with Crippen LogP contribution in [0.2, 0.25) is 0 Å². The van der Waals surface area contributed by atoms with Crippen LogP contribution in [-0.4, -0.2) is 39.2 Å². The zero-order valence-corrected chi connectivity index (χ0v) is 11.9. The topological polar surface area (TPSA) is 87.0 Å². The molecule has 0 amide bonds. The Morgan fingerprint density at radius 3 is 2.67 bits per heavy atom. The molecular weight excluding hydrogens is 272 g/mol. The Morgan fingerprint density at radius 1 is 1.10 bits per heavy atom. The minimum atomic E-state index is 0.584. The van der Waals surface area contributed by atoms with Crippen LogP contribution in [0.4, 0.5) is 11.5 Å². The summed E-state index contributed by atoms with van der Waals surface area (Å²) in [5.41, 5.74) is 2.07. The van der Waals surface area contributed by atoms with Crippen LogP contribution in [0.25, 0.3) is 11.2 Å². The molecule has 0 spiro atoms. The standard InChI is InChI=1S/C13H14N6O2/c1-19-13-11(17-18-19)12(14-7-15-13)16-8-4-5-9(20-2)10(6-8)21-3/h4-7H,1-3H3,(H,14,15,16). The van der Waals surface area contributed by atoms with Gasteiger partial charge in [-0.05, 0) is 12.1 Å². The molecule has 0 aliphatic carbocycles. The van der Waals surface area contributed by atoms with Crippen molar-refractivity contribution in [3.05, 3.63) is 24.5 Å². The van der Waals surface area contributed by atoms with Crippen molar-refractivity contribution in [1.82, 2.24) is 25.0 Å². The summed E-state index contributed by atoms with van der Waals surface area (Å²) < 4.78 is 12.1. The quantitative estimate of drug-likeness (QED) is 0.778. The first-order chi connectivity index (χ1) is 10.2. The van der Waals surface area contributed by atoms with Gasteiger partial charge in [0.05, 0.1) is 14.2 Å². The second-order valence-corrected chi connectivity index (χ2v) is 4.30. The third-order valence-corrected chi connectivity index (χ3v) is 3.03. The van der Waals surface area contributed by atoms with E-state index in [2.05, 4.69) is 25.6 Å². The Labute approximate surface area is 120 Å². The predicted molar refractivity (Wildman–Crippen MR) is 76.9 cm³/mol. The first-order valence-corrected chi connectivity index (χ1v) is 6.22. The first-order valence-electron chi connectivity index (χ1n) is 6.22. The van der Waals surface area contributed by atoms with E-state index in [-0.39, 0.29) is 0 Å². The summed E-state index contributed by atoms with van der Waals surface area (Å²) in [6.07, 6.45) is 1.47. The van der Waals surface area contributed by atoms with Gasteiger partial charge in [0.2, 0.25) is 0 Å². The van der Waals surface area contributed by atoms with Gasteiger partial charge in [-0.25, -0.2) is 14.6 Å². The lowest BCUT2D eigenvalue weighted by Crippen LogP contribution is -1.98. The fourth-order valence-electron chi connectivity index (χ4n) is 1.99. The van der Waals surface area contributed by atoms with Crippen LogP contribution in [0.15, 0.2) is 24.5 Å². The molecule has 3 aromatic rings. The first kappa shape index (κ1) is 13.1. The molecule has 8 heteroatoms. The van der Waals surface area contributed by atoms with Crippen molar-refractivity contribution in [2.24, 2.45) is 7.05 Å². The number of anilines is 2. The molecule has 1 aromatic carbocycles. The van der Waals surface area contributed by atoms with Crippen molar-refractivity contribution in [3.63, 3.8) is 0 Å². The van der Waals surface area contributed by atoms with Gasteiger partial charge < -0.3 is 14.8 Å². The van der Waals surface area contributed by atoms with Gasteiger partial charge in [-0.15, -0.1) is 5.10 Å². The smallest absolute Gasteiger partial charge is 0.183 e. The number of nitrogens with one attached hydrogen (secondary N) is 1. The van der Waals surface area contributed by atoms with Crippen LogP contribution in [0.3, 0.4) is 0 Å². The highest BCUT2D eigenvalue weighted by Crippen LogP contribution is 2.31. The van der Waals surface area contributed by atoms with E-state index in [1.807, 2.05) is 18.2 Å². The van der Waals surface area contributed by atoms with Gasteiger partial charge in [0.25, 0.3) is 0 Å². The van der Waals surface area contributed by atoms with E-state index in [4.69, 9.17) is 9.47 Å². The summed E-state index contributed by atoms with van der Waals surface area (Å²) in [6.45, 7) is 0. The number of rotatable bonds is 4. The number of benzene rings is 1. The molecule has 0 fully saturated rings. The summed E-state index contributed by atoms with van der Waals surface area (Å²) >= 11 is 0. The lowest BCUT2D eigenvalue weighted by Gasteiger charge is -2.10. The SMILES string of the molecule is COc1ccc(Nc2ncnc3c2nnn3C)cc1OC. The lowest BCUT2D eigenvalue weighted by atomic mass is 10.2. The minimum absolute atomic E-state index is 0.584. The molecule has 8 nitrogen and oxygen atoms in total. The molecule has 2 aromatic heterocycles. The van der Waals surface area contributed by atoms with E-state index in [0.717, 1.165) is 5.69 Å². The fraction of sp³-hybridized carbons (Fsp3) is 0.231. The lowest BCUT2D eigenvalue weighted by molar-refractivity contribution is 0.355. The summed E-state index contributed by atoms with van der Waals surface area (Å²) in [7, 11) is 4.97. The van der Waals surface area contributed by atoms with Crippen molar-refractivity contribution in [1.29, 1.82) is 0 Å². The molecule has 0 aliphatic heterocycles. The molecule has 0 unspecified atom stereocenters. The van der Waals surface area contributed by atoms with Crippen LogP contribution >= 0.6 is 0 Å². The van der Waals surface area contributed by atoms with E-state index < -0.39 is 0 Å². The molecule has 0 saturated heterocycles. The van der Waals surface area contributed by atoms with Crippen LogP contribution in [0.5, 0.6) is 11.5 Å². The number of aryl methyl sites for hydroxylation is 1. The van der Waals surface area contributed by atoms with E-state index in [0.29, 0.717) is 28.5 Å². The van der Waals surface area contributed by atoms with Gasteiger partial charge in [0.15, 0.2) is 28.5 Å². The fourth-order valence-corrected chi connectivity index (χ4v) is 1.99. The van der Waals surface area contributed by atoms with Gasteiger partial charge in [-0.1, -0.05) is 5.21 Å². The minimum Gasteiger partial charge on any atom is -0.493 e. The van der Waals surface area contributed by atoms with E-state index in [1.54, 1.807) is 25.9 Å². The number of aromatic nitrogens is 5. The maximum atomic E-state index is 5.28. The molecule has 0 bridgehead atoms. The maximum Gasteiger partial charge on any atom is 0.183 e. The molecule has 0 radical (unpaired) electrons. The van der Waals surface area contributed by atoms with Crippen molar-refractivity contribution in [2.75, 3.05) is 19.5 Å².